The normalized spacial score (nSPS) is 12.9. The highest BCUT2D eigenvalue weighted by Gasteiger charge is 2.38. The number of anilines is 1. The van der Waals surface area contributed by atoms with Gasteiger partial charge in [0.15, 0.2) is 0 Å². The summed E-state index contributed by atoms with van der Waals surface area (Å²) in [5.74, 6) is -2.11. The van der Waals surface area contributed by atoms with Crippen molar-refractivity contribution in [1.29, 1.82) is 0 Å². The fourth-order valence-corrected chi connectivity index (χ4v) is 3.73. The molecule has 0 bridgehead atoms. The van der Waals surface area contributed by atoms with Crippen molar-refractivity contribution in [3.63, 3.8) is 0 Å². The number of carbonyl (C=O) groups excluding carboxylic acids is 2. The highest BCUT2D eigenvalue weighted by atomic mass is 32.1. The Labute approximate surface area is 155 Å². The number of aryl methyl sites for hydroxylation is 1. The number of benzene rings is 1. The highest BCUT2D eigenvalue weighted by molar-refractivity contribution is 7.16. The van der Waals surface area contributed by atoms with E-state index in [0.29, 0.717) is 16.1 Å². The predicted octanol–water partition coefficient (Wildman–Crippen LogP) is 3.52. The monoisotopic (exact) mass is 375 g/mol. The zero-order chi connectivity index (χ0) is 19.5. The average Bonchev–Trinajstić information content (AvgIpc) is 2.88. The molecule has 2 aromatic rings. The number of ether oxygens (including phenoxy) is 1. The number of methoxy groups -OCH3 is 1. The van der Waals surface area contributed by atoms with Crippen LogP contribution in [0.2, 0.25) is 0 Å². The molecule has 1 amide bonds. The van der Waals surface area contributed by atoms with Crippen LogP contribution in [0.4, 0.5) is 5.00 Å². The van der Waals surface area contributed by atoms with Crippen LogP contribution >= 0.6 is 11.3 Å². The fraction of sp³-hybridized carbons (Fsp3) is 0.316. The van der Waals surface area contributed by atoms with Gasteiger partial charge < -0.3 is 15.2 Å². The third-order valence-corrected chi connectivity index (χ3v) is 5.55. The second kappa shape index (κ2) is 7.70. The van der Waals surface area contributed by atoms with Crippen LogP contribution in [0.15, 0.2) is 30.3 Å². The van der Waals surface area contributed by atoms with E-state index in [2.05, 4.69) is 5.32 Å². The first-order chi connectivity index (χ1) is 12.2. The smallest absolute Gasteiger partial charge is 0.341 e. The molecule has 2 rings (SSSR count). The van der Waals surface area contributed by atoms with E-state index in [9.17, 15) is 19.5 Å². The minimum atomic E-state index is -1.38. The average molecular weight is 375 g/mol. The number of thiophene rings is 1. The second-order valence-corrected chi connectivity index (χ2v) is 7.43. The Morgan fingerprint density at radius 3 is 2.35 bits per heavy atom. The van der Waals surface area contributed by atoms with Crippen molar-refractivity contribution in [1.82, 2.24) is 0 Å². The van der Waals surface area contributed by atoms with Gasteiger partial charge in [0.05, 0.1) is 18.1 Å². The summed E-state index contributed by atoms with van der Waals surface area (Å²) in [6, 6.07) is 8.61. The molecule has 1 aromatic carbocycles. The molecule has 0 saturated heterocycles. The van der Waals surface area contributed by atoms with Gasteiger partial charge in [-0.15, -0.1) is 11.3 Å². The molecule has 0 radical (unpaired) electrons. The van der Waals surface area contributed by atoms with E-state index >= 15 is 0 Å². The molecule has 0 saturated carbocycles. The molecular formula is C19H21NO5S. The number of rotatable bonds is 6. The molecule has 1 aromatic heterocycles. The Morgan fingerprint density at radius 2 is 1.81 bits per heavy atom. The SMILES string of the molecule is COC(=O)c1c(NC(=O)C[C@@](C)(C(=O)O)c2ccccc2)sc(C)c1C. The molecule has 2 N–H and O–H groups in total. The molecule has 1 atom stereocenters. The van der Waals surface area contributed by atoms with Crippen molar-refractivity contribution >= 4 is 34.2 Å². The van der Waals surface area contributed by atoms with Crippen LogP contribution in [0.5, 0.6) is 0 Å². The summed E-state index contributed by atoms with van der Waals surface area (Å²) in [4.78, 5) is 37.3. The van der Waals surface area contributed by atoms with Gasteiger partial charge in [0.1, 0.15) is 5.00 Å². The topological polar surface area (TPSA) is 92.7 Å². The molecule has 0 aliphatic heterocycles. The lowest BCUT2D eigenvalue weighted by Crippen LogP contribution is -2.36. The summed E-state index contributed by atoms with van der Waals surface area (Å²) in [5.41, 5.74) is 0.202. The van der Waals surface area contributed by atoms with Crippen LogP contribution in [-0.2, 0) is 19.7 Å². The Bertz CT molecular complexity index is 843. The zero-order valence-corrected chi connectivity index (χ0v) is 15.9. The second-order valence-electron chi connectivity index (χ2n) is 6.21. The number of aliphatic carboxylic acids is 1. The zero-order valence-electron chi connectivity index (χ0n) is 15.1. The third-order valence-electron chi connectivity index (χ3n) is 4.42. The quantitative estimate of drug-likeness (QED) is 0.754. The maximum atomic E-state index is 12.6. The summed E-state index contributed by atoms with van der Waals surface area (Å²) in [6.07, 6.45) is -0.261. The van der Waals surface area contributed by atoms with Crippen LogP contribution < -0.4 is 5.32 Å². The van der Waals surface area contributed by atoms with Gasteiger partial charge in [-0.2, -0.15) is 0 Å². The molecule has 1 heterocycles. The van der Waals surface area contributed by atoms with Gasteiger partial charge in [0.2, 0.25) is 5.91 Å². The first-order valence-corrected chi connectivity index (χ1v) is 8.79. The standard InChI is InChI=1S/C19H21NO5S/c1-11-12(2)26-16(15(11)17(22)25-4)20-14(21)10-19(3,18(23)24)13-8-6-5-7-9-13/h5-9H,10H2,1-4H3,(H,20,21)(H,23,24)/t19-/m1/s1. The lowest BCUT2D eigenvalue weighted by Gasteiger charge is -2.24. The lowest BCUT2D eigenvalue weighted by atomic mass is 9.79. The summed E-state index contributed by atoms with van der Waals surface area (Å²) >= 11 is 1.26. The molecule has 6 nitrogen and oxygen atoms in total. The van der Waals surface area contributed by atoms with Crippen LogP contribution in [0.25, 0.3) is 0 Å². The lowest BCUT2D eigenvalue weighted by molar-refractivity contribution is -0.145. The minimum absolute atomic E-state index is 0.261. The van der Waals surface area contributed by atoms with Crippen LogP contribution in [0, 0.1) is 13.8 Å². The Morgan fingerprint density at radius 1 is 1.19 bits per heavy atom. The van der Waals surface area contributed by atoms with E-state index < -0.39 is 23.3 Å². The fourth-order valence-electron chi connectivity index (χ4n) is 2.66. The molecule has 7 heteroatoms. The van der Waals surface area contributed by atoms with Gasteiger partial charge in [0.25, 0.3) is 0 Å². The molecule has 26 heavy (non-hydrogen) atoms. The number of esters is 1. The van der Waals surface area contributed by atoms with E-state index in [4.69, 9.17) is 4.74 Å². The number of amides is 1. The summed E-state index contributed by atoms with van der Waals surface area (Å²) in [7, 11) is 1.28. The number of nitrogens with one attached hydrogen (secondary N) is 1. The van der Waals surface area contributed by atoms with Crippen molar-refractivity contribution in [2.75, 3.05) is 12.4 Å². The number of carboxylic acid groups (broad SMARTS) is 1. The molecule has 0 fully saturated rings. The maximum Gasteiger partial charge on any atom is 0.341 e. The van der Waals surface area contributed by atoms with E-state index in [1.165, 1.54) is 25.4 Å². The minimum Gasteiger partial charge on any atom is -0.481 e. The van der Waals surface area contributed by atoms with E-state index in [1.54, 1.807) is 37.3 Å². The molecule has 138 valence electrons. The Balaban J connectivity index is 2.29. The summed E-state index contributed by atoms with van der Waals surface area (Å²) < 4.78 is 4.78. The van der Waals surface area contributed by atoms with Crippen LogP contribution in [0.3, 0.4) is 0 Å². The molecule has 0 aliphatic carbocycles. The van der Waals surface area contributed by atoms with Gasteiger partial charge in [-0.05, 0) is 31.9 Å². The van der Waals surface area contributed by atoms with Gasteiger partial charge in [-0.1, -0.05) is 30.3 Å². The van der Waals surface area contributed by atoms with E-state index in [-0.39, 0.29) is 6.42 Å². The highest BCUT2D eigenvalue weighted by Crippen LogP contribution is 2.34. The van der Waals surface area contributed by atoms with Gasteiger partial charge in [-0.3, -0.25) is 9.59 Å². The van der Waals surface area contributed by atoms with Gasteiger partial charge >= 0.3 is 11.9 Å². The maximum absolute atomic E-state index is 12.6. The third kappa shape index (κ3) is 3.77. The summed E-state index contributed by atoms with van der Waals surface area (Å²) in [5, 5.41) is 12.7. The first kappa shape index (κ1) is 19.7. The van der Waals surface area contributed by atoms with Gasteiger partial charge in [-0.25, -0.2) is 4.79 Å². The van der Waals surface area contributed by atoms with Crippen molar-refractivity contribution in [2.24, 2.45) is 0 Å². The molecule has 0 unspecified atom stereocenters. The molecule has 0 spiro atoms. The van der Waals surface area contributed by atoms with Gasteiger partial charge in [0, 0.05) is 11.3 Å². The van der Waals surface area contributed by atoms with E-state index in [1.807, 2.05) is 6.92 Å². The number of carboxylic acids is 1. The van der Waals surface area contributed by atoms with Crippen molar-refractivity contribution in [3.8, 4) is 0 Å². The Kier molecular flexibility index (Phi) is 5.82. The largest absolute Gasteiger partial charge is 0.481 e. The molecule has 0 aliphatic rings. The first-order valence-electron chi connectivity index (χ1n) is 7.97. The Hall–Kier alpha value is -2.67. The number of hydrogen-bond donors (Lipinski definition) is 2. The van der Waals surface area contributed by atoms with E-state index in [0.717, 1.165) is 10.4 Å². The van der Waals surface area contributed by atoms with Crippen molar-refractivity contribution < 1.29 is 24.2 Å². The van der Waals surface area contributed by atoms with Crippen LogP contribution in [-0.4, -0.2) is 30.1 Å². The molecular weight excluding hydrogens is 354 g/mol. The predicted molar refractivity (Wildman–Crippen MR) is 99.8 cm³/mol. The number of hydrogen-bond acceptors (Lipinski definition) is 5. The summed E-state index contributed by atoms with van der Waals surface area (Å²) in [6.45, 7) is 5.13. The van der Waals surface area contributed by atoms with Crippen LogP contribution in [0.1, 0.15) is 39.7 Å². The van der Waals surface area contributed by atoms with Crippen molar-refractivity contribution in [2.45, 2.75) is 32.6 Å². The van der Waals surface area contributed by atoms with Crippen molar-refractivity contribution in [3.05, 3.63) is 51.9 Å². The number of carbonyl (C=O) groups is 3.